The minimum absolute atomic E-state index is 0.925. The zero-order chi connectivity index (χ0) is 44.3. The first-order valence-electron chi connectivity index (χ1n) is 10.7. The molecule has 3 nitrogen and oxygen atoms in total. The van der Waals surface area contributed by atoms with E-state index in [9.17, 15) is 8.76 Å². The molecule has 1 N–H and O–H groups in total. The Labute approximate surface area is 586 Å². The van der Waals surface area contributed by atoms with Crippen molar-refractivity contribution >= 4 is 537 Å². The molecule has 320 valence electrons. The molecule has 0 heterocycles. The Hall–Kier alpha value is 15.9. The van der Waals surface area contributed by atoms with E-state index in [0.29, 0.717) is 0 Å². The van der Waals surface area contributed by atoms with E-state index in [2.05, 4.69) is 526 Å². The van der Waals surface area contributed by atoms with Gasteiger partial charge >= 0.3 is 11.4 Å². The van der Waals surface area contributed by atoms with E-state index in [1.54, 1.807) is 0 Å². The summed E-state index contributed by atoms with van der Waals surface area (Å²) >= 11 is 123. The van der Waals surface area contributed by atoms with Crippen LogP contribution in [0.3, 0.4) is 0 Å². The molecule has 0 amide bonds. The van der Waals surface area contributed by atoms with Crippen LogP contribution in [0.2, 0.25) is 0 Å². The Morgan fingerprint density at radius 3 is 0.528 bits per heavy atom. The molecule has 1 atom stereocenters. The van der Waals surface area contributed by atoms with Crippen LogP contribution in [-0.2, 0) is 15.5 Å². The maximum absolute atomic E-state index is 11.8. The lowest BCUT2D eigenvalue weighted by Gasteiger charge is -2.62. The zero-order valence-corrected chi connectivity index (χ0v) is 75.3. The molecule has 53 heavy (non-hydrogen) atoms. The van der Waals surface area contributed by atoms with Crippen molar-refractivity contribution in [2.75, 3.05) is 0 Å². The molecule has 0 rings (SSSR count). The van der Waals surface area contributed by atoms with Crippen molar-refractivity contribution in [1.29, 1.82) is 0 Å². The largest absolute Gasteiger partial charge is 0.304 e. The van der Waals surface area contributed by atoms with E-state index >= 15 is 0 Å². The normalized spacial score (nSPS) is 17.7. The van der Waals surface area contributed by atoms with Crippen LogP contribution in [0.15, 0.2) is 0 Å². The highest BCUT2D eigenvalue weighted by Gasteiger charge is 2.84. The third kappa shape index (κ3) is 12.1. The standard InChI is InChI=1S/C16HBr33O3S/c17-1(18,3(21,22)5(25,26)7(29,30)9(33,34)11(37,38)13(41,42)15(45,46)47)2(19,20)4(23,24)6(27,28)8(31,32)10(35,36)12(39,40)14(43,44)16(48,49)52-53(50)51/h(H,50,51). The minimum atomic E-state index is -2.71. The Morgan fingerprint density at radius 2 is 0.396 bits per heavy atom. The monoisotopic (exact) mass is 2880 g/mol. The summed E-state index contributed by atoms with van der Waals surface area (Å²) in [7, 11) is 0. The molecule has 0 aliphatic heterocycles. The first kappa shape index (κ1) is 68.9. The molecule has 0 spiro atoms. The molecule has 37 heteroatoms. The third-order valence-corrected chi connectivity index (χ3v) is 76.4. The topological polar surface area (TPSA) is 46.5 Å². The van der Waals surface area contributed by atoms with E-state index in [1.165, 1.54) is 0 Å². The summed E-state index contributed by atoms with van der Waals surface area (Å²) in [5.74, 6) is 0. The second-order valence-electron chi connectivity index (χ2n) is 9.36. The van der Waals surface area contributed by atoms with Crippen LogP contribution >= 0.6 is 526 Å². The van der Waals surface area contributed by atoms with Gasteiger partial charge in [0.25, 0.3) is 0 Å². The molecule has 0 aromatic carbocycles. The molecular weight excluding hydrogens is 2910 g/mol. The van der Waals surface area contributed by atoms with E-state index < -0.39 is 62.2 Å². The van der Waals surface area contributed by atoms with Gasteiger partial charge in [0.2, 0.25) is 3.42 Å². The second-order valence-corrected chi connectivity index (χ2v) is 68.2. The summed E-state index contributed by atoms with van der Waals surface area (Å²) in [6.45, 7) is 0. The summed E-state index contributed by atoms with van der Waals surface area (Å²) in [5, 5.41) is 0. The molecule has 0 radical (unpaired) electrons. The van der Waals surface area contributed by atoms with Gasteiger partial charge in [-0.1, -0.05) is 494 Å². The lowest BCUT2D eigenvalue weighted by Crippen LogP contribution is -2.73. The Morgan fingerprint density at radius 1 is 0.264 bits per heavy atom. The summed E-state index contributed by atoms with van der Waals surface area (Å²) < 4.78 is 5.11. The van der Waals surface area contributed by atoms with Crippen LogP contribution < -0.4 is 0 Å². The van der Waals surface area contributed by atoms with Crippen LogP contribution in [0.5, 0.6) is 0 Å². The SMILES string of the molecule is O=S(O)OC(Br)(Br)C(Br)(Br)C(Br)(Br)C(Br)(Br)C(Br)(Br)C(Br)(Br)C(Br)(Br)C(Br)(Br)C(Br)(Br)C(Br)(Br)C(Br)(Br)C(Br)(Br)C(Br)(Br)C(Br)(Br)C(Br)(Br)C(Br)(Br)Br. The van der Waals surface area contributed by atoms with Crippen molar-refractivity contribution in [1.82, 2.24) is 0 Å². The molecule has 1 unspecified atom stereocenters. The fraction of sp³-hybridized carbons (Fsp3) is 1.00. The van der Waals surface area contributed by atoms with Crippen LogP contribution in [0.1, 0.15) is 0 Å². The van der Waals surface area contributed by atoms with E-state index in [1.807, 2.05) is 0 Å². The minimum Gasteiger partial charge on any atom is -0.284 e. The van der Waals surface area contributed by atoms with Gasteiger partial charge in [0.15, 0.2) is 5.38 Å². The average Bonchev–Trinajstić information content (AvgIpc) is 2.89. The molecule has 0 aliphatic rings. The number of alkyl halides is 33. The average molecular weight is 2910 g/mol. The molecule has 0 bridgehead atoms. The molecule has 0 fully saturated rings. The molecule has 0 saturated carbocycles. The van der Waals surface area contributed by atoms with E-state index in [4.69, 9.17) is 4.18 Å². The molecule has 0 aromatic heterocycles. The Kier molecular flexibility index (Phi) is 29.4. The van der Waals surface area contributed by atoms with Gasteiger partial charge in [-0.05, 0) is 31.9 Å². The van der Waals surface area contributed by atoms with Gasteiger partial charge in [0.05, 0.1) is 0 Å². The molecule has 0 aliphatic carbocycles. The van der Waals surface area contributed by atoms with Crippen LogP contribution in [0.4, 0.5) is 0 Å². The smallest absolute Gasteiger partial charge is 0.284 e. The van der Waals surface area contributed by atoms with Gasteiger partial charge < -0.3 is 0 Å². The fourth-order valence-electron chi connectivity index (χ4n) is 2.87. The first-order valence-corrected chi connectivity index (χ1v) is 37.9. The third-order valence-electron chi connectivity index (χ3n) is 6.02. The van der Waals surface area contributed by atoms with Crippen molar-refractivity contribution in [3.8, 4) is 0 Å². The summed E-state index contributed by atoms with van der Waals surface area (Å²) in [6, 6.07) is 0. The van der Waals surface area contributed by atoms with Crippen LogP contribution in [-0.4, -0.2) is 59.6 Å². The number of hydrogen-bond acceptors (Lipinski definition) is 2. The van der Waals surface area contributed by atoms with Crippen molar-refractivity contribution in [2.45, 2.75) is 50.8 Å². The van der Waals surface area contributed by atoms with Gasteiger partial charge in [-0.2, -0.15) is 4.21 Å². The van der Waals surface area contributed by atoms with Gasteiger partial charge in [0, 0.05) is 0 Å². The van der Waals surface area contributed by atoms with Crippen molar-refractivity contribution in [3.63, 3.8) is 0 Å². The molecular formula is C16HBr33O3S. The Balaban J connectivity index is 7.73. The van der Waals surface area contributed by atoms with Crippen LogP contribution in [0, 0.1) is 0 Å². The number of rotatable bonds is 16. The lowest BCUT2D eigenvalue weighted by molar-refractivity contribution is 0.251. The van der Waals surface area contributed by atoms with Gasteiger partial charge in [-0.3, -0.25) is 4.55 Å². The van der Waals surface area contributed by atoms with Gasteiger partial charge in [-0.15, -0.1) is 0 Å². The molecule has 0 saturated heterocycles. The first-order chi connectivity index (χ1) is 22.2. The highest BCUT2D eigenvalue weighted by atomic mass is 80.0. The fourth-order valence-corrected chi connectivity index (χ4v) is 36.6. The van der Waals surface area contributed by atoms with Crippen molar-refractivity contribution in [2.24, 2.45) is 0 Å². The summed E-state index contributed by atoms with van der Waals surface area (Å²) in [5.41, 5.74) is 0. The predicted molar refractivity (Wildman–Crippen MR) is 350 cm³/mol. The van der Waals surface area contributed by atoms with Crippen molar-refractivity contribution in [3.05, 3.63) is 0 Å². The quantitative estimate of drug-likeness (QED) is 0.124. The van der Waals surface area contributed by atoms with Gasteiger partial charge in [-0.25, -0.2) is 4.18 Å². The summed E-state index contributed by atoms with van der Waals surface area (Å²) in [4.78, 5) is 0. The maximum Gasteiger partial charge on any atom is 0.304 e. The highest BCUT2D eigenvalue weighted by molar-refractivity contribution is 9.43. The van der Waals surface area contributed by atoms with E-state index in [-0.39, 0.29) is 0 Å². The second kappa shape index (κ2) is 22.6. The predicted octanol–water partition coefficient (Wildman–Crippen LogP) is 24.2. The van der Waals surface area contributed by atoms with Crippen molar-refractivity contribution < 1.29 is 12.9 Å². The lowest BCUT2D eigenvalue weighted by atomic mass is 10.0. The van der Waals surface area contributed by atoms with Crippen LogP contribution in [0.25, 0.3) is 0 Å². The number of halogens is 33. The highest BCUT2D eigenvalue weighted by Crippen LogP contribution is 2.83. The maximum atomic E-state index is 11.8. The summed E-state index contributed by atoms with van der Waals surface area (Å²) in [6.07, 6.45) is 0. The number of hydrogen-bond donors (Lipinski definition) is 1. The molecule has 0 aromatic rings. The van der Waals surface area contributed by atoms with Gasteiger partial charge in [0.1, 0.15) is 42.0 Å². The Bertz CT molecular complexity index is 1370. The van der Waals surface area contributed by atoms with E-state index in [0.717, 1.165) is 0 Å². The zero-order valence-electron chi connectivity index (χ0n) is 22.1.